The van der Waals surface area contributed by atoms with E-state index in [1.807, 2.05) is 0 Å². The second kappa shape index (κ2) is 7.64. The number of benzene rings is 1. The fraction of sp³-hybridized carbons (Fsp3) is 0.421. The Bertz CT molecular complexity index is 834. The number of hydrogen-bond acceptors (Lipinski definition) is 5. The van der Waals surface area contributed by atoms with Gasteiger partial charge in [0.15, 0.2) is 5.13 Å². The van der Waals surface area contributed by atoms with Gasteiger partial charge in [0.1, 0.15) is 11.5 Å². The lowest BCUT2D eigenvalue weighted by Crippen LogP contribution is -2.46. The van der Waals surface area contributed by atoms with Gasteiger partial charge in [0, 0.05) is 30.2 Å². The average Bonchev–Trinajstić information content (AvgIpc) is 3.38. The van der Waals surface area contributed by atoms with E-state index in [-0.39, 0.29) is 23.5 Å². The predicted molar refractivity (Wildman–Crippen MR) is 102 cm³/mol. The van der Waals surface area contributed by atoms with Crippen LogP contribution < -0.4 is 10.6 Å². The number of aromatic nitrogens is 1. The largest absolute Gasteiger partial charge is 0.353 e. The van der Waals surface area contributed by atoms with E-state index in [2.05, 4.69) is 15.6 Å². The van der Waals surface area contributed by atoms with Crippen LogP contribution in [0, 0.1) is 11.7 Å². The molecule has 1 unspecified atom stereocenters. The van der Waals surface area contributed by atoms with Gasteiger partial charge in [-0.2, -0.15) is 0 Å². The lowest BCUT2D eigenvalue weighted by molar-refractivity contribution is -0.126. The van der Waals surface area contributed by atoms with Crippen LogP contribution in [0.25, 0.3) is 0 Å². The molecule has 1 aromatic carbocycles. The molecule has 2 aliphatic rings. The fourth-order valence-electron chi connectivity index (χ4n) is 3.17. The number of nitrogens with zero attached hydrogens (tertiary/aromatic N) is 2. The Morgan fingerprint density at radius 3 is 2.70 bits per heavy atom. The molecule has 1 aromatic heterocycles. The van der Waals surface area contributed by atoms with Crippen LogP contribution in [-0.4, -0.2) is 40.8 Å². The Hall–Kier alpha value is -2.48. The summed E-state index contributed by atoms with van der Waals surface area (Å²) in [4.78, 5) is 31.1. The van der Waals surface area contributed by atoms with E-state index in [0.29, 0.717) is 35.6 Å². The zero-order valence-corrected chi connectivity index (χ0v) is 15.6. The minimum absolute atomic E-state index is 0.0620. The predicted octanol–water partition coefficient (Wildman–Crippen LogP) is 3.16. The van der Waals surface area contributed by atoms with Crippen molar-refractivity contribution in [3.8, 4) is 0 Å². The first kappa shape index (κ1) is 17.9. The van der Waals surface area contributed by atoms with Crippen molar-refractivity contribution in [2.45, 2.75) is 31.7 Å². The van der Waals surface area contributed by atoms with Crippen molar-refractivity contribution < 1.29 is 14.0 Å². The fourth-order valence-corrected chi connectivity index (χ4v) is 3.88. The number of thiazole rings is 1. The molecular weight excluding hydrogens is 367 g/mol. The van der Waals surface area contributed by atoms with Gasteiger partial charge in [0.05, 0.1) is 5.92 Å². The number of carbonyl (C=O) groups is 2. The highest BCUT2D eigenvalue weighted by molar-refractivity contribution is 7.14. The van der Waals surface area contributed by atoms with Crippen molar-refractivity contribution in [1.29, 1.82) is 0 Å². The summed E-state index contributed by atoms with van der Waals surface area (Å²) in [5.74, 6) is -0.533. The Labute approximate surface area is 160 Å². The van der Waals surface area contributed by atoms with Gasteiger partial charge in [-0.3, -0.25) is 9.59 Å². The number of piperidine rings is 1. The minimum Gasteiger partial charge on any atom is -0.353 e. The van der Waals surface area contributed by atoms with Gasteiger partial charge >= 0.3 is 0 Å². The number of anilines is 2. The number of hydrogen-bond donors (Lipinski definition) is 2. The third-order valence-corrected chi connectivity index (χ3v) is 5.58. The van der Waals surface area contributed by atoms with E-state index in [9.17, 15) is 14.0 Å². The van der Waals surface area contributed by atoms with Gasteiger partial charge in [0.2, 0.25) is 5.91 Å². The smallest absolute Gasteiger partial charge is 0.273 e. The molecule has 27 heavy (non-hydrogen) atoms. The van der Waals surface area contributed by atoms with Crippen molar-refractivity contribution in [3.63, 3.8) is 0 Å². The summed E-state index contributed by atoms with van der Waals surface area (Å²) < 4.78 is 13.0. The normalized spacial score (nSPS) is 19.6. The Morgan fingerprint density at radius 2 is 1.96 bits per heavy atom. The molecule has 2 fully saturated rings. The summed E-state index contributed by atoms with van der Waals surface area (Å²) in [5, 5.41) is 8.39. The van der Waals surface area contributed by atoms with Crippen molar-refractivity contribution in [2.75, 3.05) is 18.4 Å². The number of nitrogens with one attached hydrogen (secondary N) is 2. The molecule has 1 saturated carbocycles. The second-order valence-electron chi connectivity index (χ2n) is 7.04. The molecule has 2 amide bonds. The molecule has 0 bridgehead atoms. The lowest BCUT2D eigenvalue weighted by Gasteiger charge is -2.31. The molecule has 2 aromatic rings. The van der Waals surface area contributed by atoms with Crippen molar-refractivity contribution in [2.24, 2.45) is 5.92 Å². The third-order valence-electron chi connectivity index (χ3n) is 4.82. The topological polar surface area (TPSA) is 74.3 Å². The summed E-state index contributed by atoms with van der Waals surface area (Å²) in [7, 11) is 0. The summed E-state index contributed by atoms with van der Waals surface area (Å²) in [6, 6.07) is 6.30. The molecule has 6 nitrogen and oxygen atoms in total. The van der Waals surface area contributed by atoms with Gasteiger partial charge in [-0.25, -0.2) is 9.37 Å². The molecule has 2 heterocycles. The van der Waals surface area contributed by atoms with E-state index in [0.717, 1.165) is 25.7 Å². The van der Waals surface area contributed by atoms with E-state index >= 15 is 0 Å². The summed E-state index contributed by atoms with van der Waals surface area (Å²) in [5.41, 5.74) is 1.08. The molecule has 0 spiro atoms. The Morgan fingerprint density at radius 1 is 1.19 bits per heavy atom. The standard InChI is InChI=1S/C19H21FN4O2S/c20-13-3-5-15(6-4-13)22-19-23-16(11-27-19)18(26)24-9-1-2-12(10-24)17(25)21-14-7-8-14/h3-6,11-12,14H,1-2,7-10H2,(H,21,25)(H,22,23). The van der Waals surface area contributed by atoms with Crippen LogP contribution >= 0.6 is 11.3 Å². The first-order chi connectivity index (χ1) is 13.1. The molecule has 1 aliphatic carbocycles. The number of carbonyl (C=O) groups excluding carboxylic acids is 2. The van der Waals surface area contributed by atoms with Crippen LogP contribution in [0.1, 0.15) is 36.2 Å². The molecule has 2 N–H and O–H groups in total. The summed E-state index contributed by atoms with van der Waals surface area (Å²) in [6.07, 6.45) is 3.75. The van der Waals surface area contributed by atoms with Crippen LogP contribution in [0.2, 0.25) is 0 Å². The van der Waals surface area contributed by atoms with Crippen LogP contribution in [-0.2, 0) is 4.79 Å². The zero-order valence-electron chi connectivity index (χ0n) is 14.8. The maximum absolute atomic E-state index is 13.0. The quantitative estimate of drug-likeness (QED) is 0.825. The number of amides is 2. The number of rotatable bonds is 5. The van der Waals surface area contributed by atoms with E-state index in [1.54, 1.807) is 22.4 Å². The SMILES string of the molecule is O=C(NC1CC1)C1CCCN(C(=O)c2csc(Nc3ccc(F)cc3)n2)C1. The Balaban J connectivity index is 1.37. The van der Waals surface area contributed by atoms with Crippen LogP contribution in [0.15, 0.2) is 29.6 Å². The third kappa shape index (κ3) is 4.44. The van der Waals surface area contributed by atoms with E-state index < -0.39 is 0 Å². The molecule has 142 valence electrons. The molecule has 4 rings (SSSR count). The van der Waals surface area contributed by atoms with Gasteiger partial charge in [-0.1, -0.05) is 0 Å². The molecular formula is C19H21FN4O2S. The second-order valence-corrected chi connectivity index (χ2v) is 7.90. The maximum Gasteiger partial charge on any atom is 0.273 e. The van der Waals surface area contributed by atoms with E-state index in [1.165, 1.54) is 23.5 Å². The zero-order chi connectivity index (χ0) is 18.8. The monoisotopic (exact) mass is 388 g/mol. The first-order valence-electron chi connectivity index (χ1n) is 9.16. The maximum atomic E-state index is 13.0. The summed E-state index contributed by atoms with van der Waals surface area (Å²) >= 11 is 1.32. The minimum atomic E-state index is -0.305. The molecule has 8 heteroatoms. The van der Waals surface area contributed by atoms with Crippen LogP contribution in [0.3, 0.4) is 0 Å². The van der Waals surface area contributed by atoms with Gasteiger partial charge < -0.3 is 15.5 Å². The van der Waals surface area contributed by atoms with Gasteiger partial charge in [-0.05, 0) is 49.9 Å². The van der Waals surface area contributed by atoms with Gasteiger partial charge in [-0.15, -0.1) is 11.3 Å². The lowest BCUT2D eigenvalue weighted by atomic mass is 9.97. The number of likely N-dealkylation sites (tertiary alicyclic amines) is 1. The van der Waals surface area contributed by atoms with Crippen molar-refractivity contribution >= 4 is 34.0 Å². The highest BCUT2D eigenvalue weighted by Gasteiger charge is 2.32. The van der Waals surface area contributed by atoms with Gasteiger partial charge in [0.25, 0.3) is 5.91 Å². The Kier molecular flexibility index (Phi) is 5.07. The van der Waals surface area contributed by atoms with Crippen molar-refractivity contribution in [1.82, 2.24) is 15.2 Å². The van der Waals surface area contributed by atoms with Crippen molar-refractivity contribution in [3.05, 3.63) is 41.2 Å². The molecule has 1 aliphatic heterocycles. The molecule has 0 radical (unpaired) electrons. The van der Waals surface area contributed by atoms with Crippen LogP contribution in [0.5, 0.6) is 0 Å². The highest BCUT2D eigenvalue weighted by atomic mass is 32.1. The van der Waals surface area contributed by atoms with E-state index in [4.69, 9.17) is 0 Å². The molecule has 1 saturated heterocycles. The first-order valence-corrected chi connectivity index (χ1v) is 10.0. The van der Waals surface area contributed by atoms with Crippen LogP contribution in [0.4, 0.5) is 15.2 Å². The number of halogens is 1. The molecule has 1 atom stereocenters. The summed E-state index contributed by atoms with van der Waals surface area (Å²) in [6.45, 7) is 1.08. The highest BCUT2D eigenvalue weighted by Crippen LogP contribution is 2.25. The average molecular weight is 388 g/mol.